The Morgan fingerprint density at radius 1 is 1.44 bits per heavy atom. The van der Waals surface area contributed by atoms with E-state index >= 15 is 0 Å². The van der Waals surface area contributed by atoms with Gasteiger partial charge in [-0.25, -0.2) is 4.63 Å². The molecule has 3 rings (SSSR count). The minimum Gasteiger partial charge on any atom is -0.396 e. The molecule has 0 radical (unpaired) electrons. The van der Waals surface area contributed by atoms with E-state index in [-0.39, 0.29) is 18.4 Å². The minimum absolute atomic E-state index is 0.0483. The van der Waals surface area contributed by atoms with Gasteiger partial charge in [0.05, 0.1) is 0 Å². The van der Waals surface area contributed by atoms with Gasteiger partial charge in [0.1, 0.15) is 11.0 Å². The number of aromatic nitrogens is 2. The molecule has 1 saturated heterocycles. The normalized spacial score (nSPS) is 19.9. The van der Waals surface area contributed by atoms with Gasteiger partial charge in [0.2, 0.25) is 5.91 Å². The second-order valence-electron chi connectivity index (χ2n) is 4.58. The van der Waals surface area contributed by atoms with Crippen LogP contribution in [0.5, 0.6) is 0 Å². The summed E-state index contributed by atoms with van der Waals surface area (Å²) in [5.74, 6) is 0.120. The van der Waals surface area contributed by atoms with Crippen molar-refractivity contribution in [1.29, 1.82) is 0 Å². The van der Waals surface area contributed by atoms with Gasteiger partial charge in [-0.3, -0.25) is 4.79 Å². The zero-order valence-corrected chi connectivity index (χ0v) is 9.74. The number of hydrogen-bond acceptors (Lipinski definition) is 5. The lowest BCUT2D eigenvalue weighted by atomic mass is 10.1. The fourth-order valence-electron chi connectivity index (χ4n) is 2.32. The highest BCUT2D eigenvalue weighted by atomic mass is 16.6. The quantitative estimate of drug-likeness (QED) is 0.857. The predicted molar refractivity (Wildman–Crippen MR) is 62.4 cm³/mol. The molecule has 0 bridgehead atoms. The van der Waals surface area contributed by atoms with E-state index in [0.29, 0.717) is 30.5 Å². The fourth-order valence-corrected chi connectivity index (χ4v) is 2.32. The Kier molecular flexibility index (Phi) is 2.71. The molecule has 1 aromatic carbocycles. The molecule has 1 aliphatic heterocycles. The van der Waals surface area contributed by atoms with Crippen LogP contribution in [0.15, 0.2) is 22.8 Å². The summed E-state index contributed by atoms with van der Waals surface area (Å²) in [6, 6.07) is 5.59. The van der Waals surface area contributed by atoms with Gasteiger partial charge < -0.3 is 10.0 Å². The number of likely N-dealkylation sites (tertiary alicyclic amines) is 1. The largest absolute Gasteiger partial charge is 0.396 e. The van der Waals surface area contributed by atoms with E-state index in [2.05, 4.69) is 10.3 Å². The lowest BCUT2D eigenvalue weighted by Gasteiger charge is -2.16. The molecule has 18 heavy (non-hydrogen) atoms. The summed E-state index contributed by atoms with van der Waals surface area (Å²) in [5.41, 5.74) is 2.30. The Labute approximate surface area is 103 Å². The third kappa shape index (κ3) is 1.84. The first-order chi connectivity index (χ1) is 8.78. The van der Waals surface area contributed by atoms with Crippen LogP contribution in [0, 0.1) is 5.92 Å². The highest BCUT2D eigenvalue weighted by molar-refractivity contribution is 5.80. The first kappa shape index (κ1) is 11.2. The molecule has 0 saturated carbocycles. The number of amides is 1. The van der Waals surface area contributed by atoms with Gasteiger partial charge in [0.25, 0.3) is 0 Å². The van der Waals surface area contributed by atoms with Crippen LogP contribution in [0.2, 0.25) is 0 Å². The van der Waals surface area contributed by atoms with Crippen molar-refractivity contribution in [3.05, 3.63) is 23.8 Å². The molecule has 2 aromatic rings. The third-order valence-corrected chi connectivity index (χ3v) is 3.28. The number of carbonyl (C=O) groups excluding carboxylic acids is 1. The summed E-state index contributed by atoms with van der Waals surface area (Å²) < 4.78 is 4.70. The van der Waals surface area contributed by atoms with Gasteiger partial charge in [-0.05, 0) is 16.4 Å². The molecule has 1 unspecified atom stereocenters. The molecule has 1 aliphatic rings. The van der Waals surface area contributed by atoms with Crippen LogP contribution in [-0.2, 0) is 11.3 Å². The molecular weight excluding hydrogens is 234 g/mol. The highest BCUT2D eigenvalue weighted by Crippen LogP contribution is 2.22. The SMILES string of the molecule is O=C1CC(CO)CN1Cc1cccc2nonc12. The van der Waals surface area contributed by atoms with Crippen molar-refractivity contribution in [3.63, 3.8) is 0 Å². The van der Waals surface area contributed by atoms with Gasteiger partial charge in [-0.15, -0.1) is 0 Å². The first-order valence-corrected chi connectivity index (χ1v) is 5.86. The molecular formula is C12H13N3O3. The van der Waals surface area contributed by atoms with Crippen molar-refractivity contribution in [2.45, 2.75) is 13.0 Å². The monoisotopic (exact) mass is 247 g/mol. The van der Waals surface area contributed by atoms with Crippen LogP contribution in [0.4, 0.5) is 0 Å². The van der Waals surface area contributed by atoms with E-state index in [1.165, 1.54) is 0 Å². The molecule has 1 amide bonds. The van der Waals surface area contributed by atoms with E-state index < -0.39 is 0 Å². The van der Waals surface area contributed by atoms with Gasteiger partial charge in [-0.1, -0.05) is 12.1 Å². The van der Waals surface area contributed by atoms with Crippen LogP contribution in [0.3, 0.4) is 0 Å². The average Bonchev–Trinajstić information content (AvgIpc) is 2.97. The van der Waals surface area contributed by atoms with Crippen molar-refractivity contribution < 1.29 is 14.5 Å². The van der Waals surface area contributed by atoms with E-state index in [0.717, 1.165) is 5.56 Å². The summed E-state index contributed by atoms with van der Waals surface area (Å²) >= 11 is 0. The van der Waals surface area contributed by atoms with Crippen LogP contribution in [0.1, 0.15) is 12.0 Å². The predicted octanol–water partition coefficient (Wildman–Crippen LogP) is 0.564. The molecule has 1 N–H and O–H groups in total. The standard InChI is InChI=1S/C12H13N3O3/c16-7-8-4-11(17)15(5-8)6-9-2-1-3-10-12(9)14-18-13-10/h1-3,8,16H,4-7H2. The van der Waals surface area contributed by atoms with Crippen LogP contribution < -0.4 is 0 Å². The number of benzene rings is 1. The van der Waals surface area contributed by atoms with Gasteiger partial charge in [0, 0.05) is 37.6 Å². The van der Waals surface area contributed by atoms with E-state index in [1.807, 2.05) is 18.2 Å². The van der Waals surface area contributed by atoms with E-state index in [1.54, 1.807) is 4.90 Å². The Morgan fingerprint density at radius 3 is 3.11 bits per heavy atom. The van der Waals surface area contributed by atoms with Crippen LogP contribution >= 0.6 is 0 Å². The summed E-state index contributed by atoms with van der Waals surface area (Å²) in [6.07, 6.45) is 0.420. The second-order valence-corrected chi connectivity index (χ2v) is 4.58. The molecule has 6 heteroatoms. The van der Waals surface area contributed by atoms with Gasteiger partial charge >= 0.3 is 0 Å². The van der Waals surface area contributed by atoms with E-state index in [4.69, 9.17) is 9.74 Å². The number of carbonyl (C=O) groups is 1. The van der Waals surface area contributed by atoms with Gasteiger partial charge in [-0.2, -0.15) is 0 Å². The zero-order valence-electron chi connectivity index (χ0n) is 9.74. The van der Waals surface area contributed by atoms with Gasteiger partial charge in [0.15, 0.2) is 0 Å². The summed E-state index contributed by atoms with van der Waals surface area (Å²) in [7, 11) is 0. The molecule has 0 spiro atoms. The topological polar surface area (TPSA) is 79.5 Å². The number of fused-ring (bicyclic) bond motifs is 1. The lowest BCUT2D eigenvalue weighted by Crippen LogP contribution is -2.25. The number of nitrogens with zero attached hydrogens (tertiary/aromatic N) is 3. The van der Waals surface area contributed by atoms with Crippen molar-refractivity contribution in [1.82, 2.24) is 15.2 Å². The summed E-state index contributed by atoms with van der Waals surface area (Å²) in [5, 5.41) is 16.7. The average molecular weight is 247 g/mol. The first-order valence-electron chi connectivity index (χ1n) is 5.86. The Morgan fingerprint density at radius 2 is 2.33 bits per heavy atom. The van der Waals surface area contributed by atoms with Crippen molar-refractivity contribution in [2.24, 2.45) is 5.92 Å². The molecule has 1 fully saturated rings. The van der Waals surface area contributed by atoms with E-state index in [9.17, 15) is 4.79 Å². The molecule has 94 valence electrons. The summed E-state index contributed by atoms with van der Waals surface area (Å²) in [4.78, 5) is 13.5. The maximum Gasteiger partial charge on any atom is 0.223 e. The Hall–Kier alpha value is -1.95. The summed E-state index contributed by atoms with van der Waals surface area (Å²) in [6.45, 7) is 1.13. The molecule has 6 nitrogen and oxygen atoms in total. The van der Waals surface area contributed by atoms with Crippen LogP contribution in [-0.4, -0.2) is 39.4 Å². The Balaban J connectivity index is 1.84. The minimum atomic E-state index is 0.0483. The van der Waals surface area contributed by atoms with Crippen molar-refractivity contribution in [3.8, 4) is 0 Å². The number of aliphatic hydroxyl groups is 1. The third-order valence-electron chi connectivity index (χ3n) is 3.28. The second kappa shape index (κ2) is 4.38. The number of rotatable bonds is 3. The number of hydrogen-bond donors (Lipinski definition) is 1. The number of aliphatic hydroxyl groups excluding tert-OH is 1. The molecule has 1 atom stereocenters. The zero-order chi connectivity index (χ0) is 12.5. The molecule has 2 heterocycles. The molecule has 0 aliphatic carbocycles. The van der Waals surface area contributed by atoms with Crippen LogP contribution in [0.25, 0.3) is 11.0 Å². The fraction of sp³-hybridized carbons (Fsp3) is 0.417. The highest BCUT2D eigenvalue weighted by Gasteiger charge is 2.29. The Bertz CT molecular complexity index is 581. The smallest absolute Gasteiger partial charge is 0.223 e. The molecule has 1 aromatic heterocycles. The van der Waals surface area contributed by atoms with Crippen molar-refractivity contribution in [2.75, 3.05) is 13.2 Å². The maximum atomic E-state index is 11.8. The lowest BCUT2D eigenvalue weighted by molar-refractivity contribution is -0.128. The van der Waals surface area contributed by atoms with Crippen molar-refractivity contribution >= 4 is 16.9 Å². The maximum absolute atomic E-state index is 11.8.